The van der Waals surface area contributed by atoms with Crippen molar-refractivity contribution in [2.45, 2.75) is 0 Å². The standard InChI is InChI=1S/C52H36N2/c1-3-15-37(16-4-1)41-19-13-22-45(36-41)53(44-33-31-39(32-34-44)42-30-29-38-17-7-8-18-40(38)35-42)49-26-11-9-23-46(49)47-25-14-28-51-52(47)48-24-10-12-27-50(48)54(51)43-20-5-2-6-21-43/h1-36H/i31D,32D,33D,34D. The van der Waals surface area contributed by atoms with Crippen LogP contribution in [0.2, 0.25) is 0 Å². The van der Waals surface area contributed by atoms with Crippen molar-refractivity contribution in [1.29, 1.82) is 0 Å². The van der Waals surface area contributed by atoms with Crippen molar-refractivity contribution in [3.8, 4) is 39.1 Å². The molecule has 54 heavy (non-hydrogen) atoms. The Morgan fingerprint density at radius 3 is 1.87 bits per heavy atom. The van der Waals surface area contributed by atoms with Crippen molar-refractivity contribution in [2.75, 3.05) is 4.90 Å². The molecule has 0 aliphatic rings. The van der Waals surface area contributed by atoms with Gasteiger partial charge in [-0.1, -0.05) is 158 Å². The van der Waals surface area contributed by atoms with Crippen LogP contribution in [0.15, 0.2) is 218 Å². The zero-order valence-corrected chi connectivity index (χ0v) is 29.4. The van der Waals surface area contributed by atoms with Crippen LogP contribution in [-0.2, 0) is 0 Å². The molecule has 0 radical (unpaired) electrons. The zero-order chi connectivity index (χ0) is 39.3. The maximum Gasteiger partial charge on any atom is 0.0645 e. The fourth-order valence-corrected chi connectivity index (χ4v) is 7.75. The Bertz CT molecular complexity index is 3140. The van der Waals surface area contributed by atoms with E-state index in [0.717, 1.165) is 66.2 Å². The van der Waals surface area contributed by atoms with Crippen molar-refractivity contribution >= 4 is 49.6 Å². The molecule has 0 amide bonds. The van der Waals surface area contributed by atoms with Gasteiger partial charge in [0.2, 0.25) is 0 Å². The lowest BCUT2D eigenvalue weighted by Gasteiger charge is -2.28. The lowest BCUT2D eigenvalue weighted by Crippen LogP contribution is -2.11. The van der Waals surface area contributed by atoms with Gasteiger partial charge in [-0.25, -0.2) is 0 Å². The van der Waals surface area contributed by atoms with Crippen LogP contribution in [0.3, 0.4) is 0 Å². The van der Waals surface area contributed by atoms with E-state index in [2.05, 4.69) is 102 Å². The molecular weight excluding hydrogens is 653 g/mol. The SMILES string of the molecule is [2H]c1c([2H])c(N(c2cccc(-c3ccccc3)c2)c2ccccc2-c2cccc3c2c2ccccc2n3-c2ccccc2)c([2H])c([2H])c1-c1ccc2ccccc2c1. The minimum atomic E-state index is -0.122. The molecule has 0 unspecified atom stereocenters. The highest BCUT2D eigenvalue weighted by Gasteiger charge is 2.21. The zero-order valence-electron chi connectivity index (χ0n) is 33.4. The minimum Gasteiger partial charge on any atom is -0.310 e. The quantitative estimate of drug-likeness (QED) is 0.161. The van der Waals surface area contributed by atoms with Gasteiger partial charge in [0.15, 0.2) is 0 Å². The van der Waals surface area contributed by atoms with Gasteiger partial charge in [-0.2, -0.15) is 0 Å². The molecular formula is C52H36N2. The molecule has 0 spiro atoms. The van der Waals surface area contributed by atoms with E-state index in [1.165, 1.54) is 0 Å². The molecule has 0 fully saturated rings. The molecule has 254 valence electrons. The fourth-order valence-electron chi connectivity index (χ4n) is 7.75. The van der Waals surface area contributed by atoms with Gasteiger partial charge in [0, 0.05) is 33.4 Å². The van der Waals surface area contributed by atoms with Gasteiger partial charge in [-0.3, -0.25) is 0 Å². The van der Waals surface area contributed by atoms with Crippen LogP contribution in [0.1, 0.15) is 5.48 Å². The lowest BCUT2D eigenvalue weighted by atomic mass is 9.96. The normalized spacial score (nSPS) is 12.4. The topological polar surface area (TPSA) is 8.17 Å². The molecule has 0 aliphatic carbocycles. The molecule has 10 rings (SSSR count). The van der Waals surface area contributed by atoms with E-state index in [4.69, 9.17) is 0 Å². The molecule has 1 heterocycles. The number of para-hydroxylation sites is 3. The fraction of sp³-hybridized carbons (Fsp3) is 0. The largest absolute Gasteiger partial charge is 0.310 e. The van der Waals surface area contributed by atoms with Crippen molar-refractivity contribution in [2.24, 2.45) is 0 Å². The number of aromatic nitrogens is 1. The van der Waals surface area contributed by atoms with Gasteiger partial charge in [-0.15, -0.1) is 0 Å². The van der Waals surface area contributed by atoms with Crippen LogP contribution in [-0.4, -0.2) is 4.57 Å². The average molecular weight is 693 g/mol. The van der Waals surface area contributed by atoms with Crippen LogP contribution in [0, 0.1) is 0 Å². The maximum atomic E-state index is 9.71. The summed E-state index contributed by atoms with van der Waals surface area (Å²) < 4.78 is 40.7. The highest BCUT2D eigenvalue weighted by atomic mass is 15.1. The highest BCUT2D eigenvalue weighted by Crippen LogP contribution is 2.46. The molecule has 2 heteroatoms. The summed E-state index contributed by atoms with van der Waals surface area (Å²) in [6, 6.07) is 64.9. The number of anilines is 3. The van der Waals surface area contributed by atoms with Gasteiger partial charge in [-0.05, 0) is 99.2 Å². The third-order valence-electron chi connectivity index (χ3n) is 10.2. The van der Waals surface area contributed by atoms with Crippen LogP contribution >= 0.6 is 0 Å². The third kappa shape index (κ3) is 5.53. The van der Waals surface area contributed by atoms with Crippen molar-refractivity contribution < 1.29 is 5.48 Å². The number of fused-ring (bicyclic) bond motifs is 4. The first-order valence-corrected chi connectivity index (χ1v) is 18.2. The Morgan fingerprint density at radius 1 is 0.389 bits per heavy atom. The van der Waals surface area contributed by atoms with Crippen LogP contribution in [0.5, 0.6) is 0 Å². The highest BCUT2D eigenvalue weighted by molar-refractivity contribution is 6.17. The van der Waals surface area contributed by atoms with Crippen molar-refractivity contribution in [1.82, 2.24) is 4.57 Å². The van der Waals surface area contributed by atoms with Gasteiger partial charge in [0.1, 0.15) is 0 Å². The summed E-state index contributed by atoms with van der Waals surface area (Å²) >= 11 is 0. The molecule has 1 aromatic heterocycles. The number of hydrogen-bond acceptors (Lipinski definition) is 1. The van der Waals surface area contributed by atoms with E-state index in [-0.39, 0.29) is 35.4 Å². The third-order valence-corrected chi connectivity index (χ3v) is 10.2. The Hall–Kier alpha value is -7.16. The Balaban J connectivity index is 1.25. The van der Waals surface area contributed by atoms with E-state index in [9.17, 15) is 5.48 Å². The first kappa shape index (κ1) is 27.5. The van der Waals surface area contributed by atoms with E-state index >= 15 is 0 Å². The molecule has 2 nitrogen and oxygen atoms in total. The lowest BCUT2D eigenvalue weighted by molar-refractivity contribution is 1.18. The van der Waals surface area contributed by atoms with Gasteiger partial charge < -0.3 is 9.47 Å². The van der Waals surface area contributed by atoms with E-state index < -0.39 is 0 Å². The molecule has 9 aromatic carbocycles. The second-order valence-electron chi connectivity index (χ2n) is 13.4. The Morgan fingerprint density at radius 2 is 1.02 bits per heavy atom. The van der Waals surface area contributed by atoms with E-state index in [1.807, 2.05) is 102 Å². The van der Waals surface area contributed by atoms with E-state index in [1.54, 1.807) is 0 Å². The molecule has 10 aromatic rings. The number of benzene rings is 9. The monoisotopic (exact) mass is 692 g/mol. The summed E-state index contributed by atoms with van der Waals surface area (Å²) in [6.45, 7) is 0. The summed E-state index contributed by atoms with van der Waals surface area (Å²) in [5, 5.41) is 4.20. The van der Waals surface area contributed by atoms with Gasteiger partial charge in [0.05, 0.1) is 22.2 Å². The number of rotatable bonds is 7. The predicted octanol–water partition coefficient (Wildman–Crippen LogP) is 14.4. The summed E-state index contributed by atoms with van der Waals surface area (Å²) in [5.41, 5.74) is 9.63. The van der Waals surface area contributed by atoms with E-state index in [0.29, 0.717) is 11.3 Å². The molecule has 0 saturated carbocycles. The molecule has 0 aliphatic heterocycles. The van der Waals surface area contributed by atoms with Gasteiger partial charge >= 0.3 is 0 Å². The predicted molar refractivity (Wildman–Crippen MR) is 229 cm³/mol. The van der Waals surface area contributed by atoms with Crippen LogP contribution in [0.25, 0.3) is 71.6 Å². The summed E-state index contributed by atoms with van der Waals surface area (Å²) in [4.78, 5) is 1.92. The first-order valence-electron chi connectivity index (χ1n) is 20.2. The second kappa shape index (κ2) is 13.4. The van der Waals surface area contributed by atoms with Crippen LogP contribution < -0.4 is 4.90 Å². The Kier molecular flexibility index (Phi) is 6.84. The second-order valence-corrected chi connectivity index (χ2v) is 13.4. The minimum absolute atomic E-state index is 0.0963. The summed E-state index contributed by atoms with van der Waals surface area (Å²) in [6.07, 6.45) is 0. The number of nitrogens with zero attached hydrogens (tertiary/aromatic N) is 2. The average Bonchev–Trinajstić information content (AvgIpc) is 3.62. The maximum absolute atomic E-state index is 9.71. The smallest absolute Gasteiger partial charge is 0.0645 e. The molecule has 0 N–H and O–H groups in total. The van der Waals surface area contributed by atoms with Crippen molar-refractivity contribution in [3.05, 3.63) is 218 Å². The van der Waals surface area contributed by atoms with Crippen molar-refractivity contribution in [3.63, 3.8) is 0 Å². The summed E-state index contributed by atoms with van der Waals surface area (Å²) in [5.74, 6) is 0. The molecule has 0 atom stereocenters. The molecule has 0 saturated heterocycles. The Labute approximate surface area is 321 Å². The van der Waals surface area contributed by atoms with Gasteiger partial charge in [0.25, 0.3) is 0 Å². The number of hydrogen-bond donors (Lipinski definition) is 0. The molecule has 0 bridgehead atoms. The first-order chi connectivity index (χ1) is 28.5. The summed E-state index contributed by atoms with van der Waals surface area (Å²) in [7, 11) is 0. The van der Waals surface area contributed by atoms with Crippen LogP contribution in [0.4, 0.5) is 17.1 Å².